The van der Waals surface area contributed by atoms with Gasteiger partial charge < -0.3 is 63.3 Å². The largest absolute Gasteiger partial charge is 0.493 e. The number of ether oxygens (including phenoxy) is 3. The maximum atomic E-state index is 12.3. The Kier molecular flexibility index (Phi) is 13.4. The molecule has 6 rings (SSSR count). The van der Waals surface area contributed by atoms with E-state index in [1.165, 1.54) is 18.3 Å². The van der Waals surface area contributed by atoms with E-state index in [0.29, 0.717) is 53.1 Å². The molecule has 0 saturated carbocycles. The van der Waals surface area contributed by atoms with E-state index in [0.717, 1.165) is 27.7 Å². The van der Waals surface area contributed by atoms with Crippen LogP contribution in [0.3, 0.4) is 0 Å². The van der Waals surface area contributed by atoms with E-state index in [4.69, 9.17) is 47.4 Å². The first-order valence-electron chi connectivity index (χ1n) is 17.7. The van der Waals surface area contributed by atoms with Gasteiger partial charge in [0.25, 0.3) is 5.91 Å². The van der Waals surface area contributed by atoms with Crippen molar-refractivity contribution < 1.29 is 38.8 Å². The number of nitrogen functional groups attached to an aromatic ring is 4. The molecule has 21 nitrogen and oxygen atoms in total. The Bertz CT molecular complexity index is 2480. The molecule has 0 aliphatic heterocycles. The SMILES string of the molecule is COc1cc(NCc2ccc3nc(N)nc(N)c3c2C)cc(OC)c1OC.Nc1nc(N)c2nc(CNc3ccc(C(=O)NC(CCC(=O)O)C(=O)O)cc3)cnc2n1. The summed E-state index contributed by atoms with van der Waals surface area (Å²) in [6.45, 7) is 2.86. The zero-order valence-electron chi connectivity index (χ0n) is 32.4. The van der Waals surface area contributed by atoms with Gasteiger partial charge in [-0.05, 0) is 54.8 Å². The van der Waals surface area contributed by atoms with Gasteiger partial charge in [0, 0.05) is 47.4 Å². The maximum absolute atomic E-state index is 12.3. The minimum absolute atomic E-state index is 0.0101. The molecule has 0 aliphatic carbocycles. The number of fused-ring (bicyclic) bond motifs is 2. The fraction of sp³-hybridized carbons (Fsp3) is 0.237. The lowest BCUT2D eigenvalue weighted by atomic mass is 10.0. The van der Waals surface area contributed by atoms with Crippen molar-refractivity contribution in [2.75, 3.05) is 54.9 Å². The number of carboxylic acid groups (broad SMARTS) is 2. The molecule has 1 atom stereocenters. The highest BCUT2D eigenvalue weighted by molar-refractivity contribution is 5.97. The molecule has 0 spiro atoms. The molecular weight excluding hydrogens is 767 g/mol. The molecule has 0 fully saturated rings. The van der Waals surface area contributed by atoms with Crippen LogP contribution in [0.25, 0.3) is 22.1 Å². The van der Waals surface area contributed by atoms with Gasteiger partial charge in [-0.15, -0.1) is 0 Å². The average Bonchev–Trinajstić information content (AvgIpc) is 3.20. The third kappa shape index (κ3) is 10.5. The smallest absolute Gasteiger partial charge is 0.326 e. The van der Waals surface area contributed by atoms with Crippen LogP contribution in [-0.2, 0) is 22.7 Å². The van der Waals surface area contributed by atoms with Crippen molar-refractivity contribution in [3.05, 3.63) is 77.1 Å². The molecule has 1 amide bonds. The van der Waals surface area contributed by atoms with Gasteiger partial charge in [0.15, 0.2) is 28.5 Å². The lowest BCUT2D eigenvalue weighted by Gasteiger charge is -2.16. The standard InChI is InChI=1S/C19H20N8O5.C19H23N5O3/c20-15-14-16(27-19(21)26-15)23-8-11(24-14)7-22-10-3-1-9(2-4-10)17(30)25-12(18(31)32)5-6-13(28)29;1-10-11(5-6-13-16(10)18(20)24-19(21)23-13)9-22-12-7-14(25-2)17(27-4)15(8-12)26-3/h1-4,8,12,22H,5-7H2,(H,25,30)(H,28,29)(H,31,32)(H4,20,21,23,26,27);5-8,22H,9H2,1-4H3,(H4,20,21,23,24). The van der Waals surface area contributed by atoms with Crippen molar-refractivity contribution in [3.63, 3.8) is 0 Å². The van der Waals surface area contributed by atoms with Gasteiger partial charge in [0.1, 0.15) is 11.9 Å². The summed E-state index contributed by atoms with van der Waals surface area (Å²) in [5.41, 5.74) is 28.8. The van der Waals surface area contributed by atoms with E-state index >= 15 is 0 Å². The minimum atomic E-state index is -1.30. The highest BCUT2D eigenvalue weighted by Gasteiger charge is 2.22. The number of carboxylic acids is 2. The highest BCUT2D eigenvalue weighted by Crippen LogP contribution is 2.40. The van der Waals surface area contributed by atoms with E-state index in [1.807, 2.05) is 31.2 Å². The normalized spacial score (nSPS) is 11.2. The van der Waals surface area contributed by atoms with Gasteiger partial charge in [-0.3, -0.25) is 9.59 Å². The van der Waals surface area contributed by atoms with Crippen molar-refractivity contribution in [1.82, 2.24) is 35.2 Å². The number of hydrogen-bond acceptors (Lipinski definition) is 18. The Balaban J connectivity index is 0.000000227. The third-order valence-corrected chi connectivity index (χ3v) is 8.80. The van der Waals surface area contributed by atoms with E-state index in [2.05, 4.69) is 45.9 Å². The van der Waals surface area contributed by atoms with Gasteiger partial charge in [-0.2, -0.15) is 15.0 Å². The van der Waals surface area contributed by atoms with Crippen LogP contribution < -0.4 is 53.1 Å². The van der Waals surface area contributed by atoms with Crippen LogP contribution in [0.4, 0.5) is 34.9 Å². The van der Waals surface area contributed by atoms with E-state index in [1.54, 1.807) is 33.5 Å². The number of nitrogens with two attached hydrogens (primary N) is 4. The number of aliphatic carboxylic acids is 2. The van der Waals surface area contributed by atoms with Gasteiger partial charge in [-0.25, -0.2) is 19.7 Å². The molecule has 21 heteroatoms. The fourth-order valence-electron chi connectivity index (χ4n) is 5.82. The highest BCUT2D eigenvalue weighted by atomic mass is 16.5. The van der Waals surface area contributed by atoms with Gasteiger partial charge in [0.05, 0.1) is 45.3 Å². The number of amides is 1. The van der Waals surface area contributed by atoms with Crippen molar-refractivity contribution >= 4 is 74.8 Å². The molecule has 0 aliphatic rings. The zero-order valence-corrected chi connectivity index (χ0v) is 32.4. The average molecular weight is 810 g/mol. The summed E-state index contributed by atoms with van der Waals surface area (Å²) in [6, 6.07) is 12.6. The number of rotatable bonds is 15. The summed E-state index contributed by atoms with van der Waals surface area (Å²) in [4.78, 5) is 58.8. The van der Waals surface area contributed by atoms with Crippen LogP contribution in [0.5, 0.6) is 17.2 Å². The number of nitrogens with one attached hydrogen (secondary N) is 3. The van der Waals surface area contributed by atoms with Crippen LogP contribution in [0.15, 0.2) is 54.7 Å². The van der Waals surface area contributed by atoms with Crippen molar-refractivity contribution in [2.24, 2.45) is 0 Å². The number of carbonyl (C=O) groups excluding carboxylic acids is 1. The second-order valence-electron chi connectivity index (χ2n) is 12.7. The summed E-state index contributed by atoms with van der Waals surface area (Å²) in [7, 11) is 4.75. The van der Waals surface area contributed by atoms with Crippen LogP contribution in [-0.4, -0.2) is 85.3 Å². The Morgan fingerprint density at radius 3 is 2.03 bits per heavy atom. The zero-order chi connectivity index (χ0) is 42.8. The molecular formula is C38H43N13O8. The van der Waals surface area contributed by atoms with Crippen LogP contribution >= 0.6 is 0 Å². The first-order valence-corrected chi connectivity index (χ1v) is 17.7. The van der Waals surface area contributed by atoms with Crippen LogP contribution in [0.2, 0.25) is 0 Å². The summed E-state index contributed by atoms with van der Waals surface area (Å²) in [6.07, 6.45) is 0.931. The topological polar surface area (TPSA) is 337 Å². The lowest BCUT2D eigenvalue weighted by molar-refractivity contribution is -0.140. The molecule has 308 valence electrons. The Hall–Kier alpha value is -7.97. The molecule has 3 aromatic heterocycles. The Labute approximate surface area is 336 Å². The number of anilines is 6. The molecule has 1 unspecified atom stereocenters. The molecule has 6 aromatic rings. The van der Waals surface area contributed by atoms with E-state index in [9.17, 15) is 14.4 Å². The summed E-state index contributed by atoms with van der Waals surface area (Å²) < 4.78 is 16.1. The van der Waals surface area contributed by atoms with E-state index in [-0.39, 0.29) is 41.8 Å². The van der Waals surface area contributed by atoms with E-state index < -0.39 is 23.9 Å². The number of hydrogen-bond donors (Lipinski definition) is 9. The number of methoxy groups -OCH3 is 3. The third-order valence-electron chi connectivity index (χ3n) is 8.80. The first-order chi connectivity index (χ1) is 28.2. The molecule has 3 aromatic carbocycles. The minimum Gasteiger partial charge on any atom is -0.493 e. The van der Waals surface area contributed by atoms with Crippen LogP contribution in [0.1, 0.15) is 40.0 Å². The quantitative estimate of drug-likeness (QED) is 0.0719. The predicted molar refractivity (Wildman–Crippen MR) is 220 cm³/mol. The van der Waals surface area contributed by atoms with Gasteiger partial charge >= 0.3 is 11.9 Å². The van der Waals surface area contributed by atoms with Crippen molar-refractivity contribution in [3.8, 4) is 17.2 Å². The summed E-state index contributed by atoms with van der Waals surface area (Å²) in [5.74, 6) is -0.659. The predicted octanol–water partition coefficient (Wildman–Crippen LogP) is 2.98. The summed E-state index contributed by atoms with van der Waals surface area (Å²) >= 11 is 0. The number of aromatic nitrogens is 6. The summed E-state index contributed by atoms with van der Waals surface area (Å²) in [5, 5.41) is 27.5. The Morgan fingerprint density at radius 1 is 0.763 bits per heavy atom. The number of benzene rings is 3. The van der Waals surface area contributed by atoms with Crippen molar-refractivity contribution in [2.45, 2.75) is 38.9 Å². The molecule has 0 saturated heterocycles. The molecule has 59 heavy (non-hydrogen) atoms. The second kappa shape index (κ2) is 18.8. The van der Waals surface area contributed by atoms with Gasteiger partial charge in [-0.1, -0.05) is 6.07 Å². The number of nitrogens with zero attached hydrogens (tertiary/aromatic N) is 6. The Morgan fingerprint density at radius 2 is 1.41 bits per heavy atom. The molecule has 13 N–H and O–H groups in total. The molecule has 0 radical (unpaired) electrons. The number of aryl methyl sites for hydroxylation is 1. The van der Waals surface area contributed by atoms with Gasteiger partial charge in [0.2, 0.25) is 17.6 Å². The first kappa shape index (κ1) is 42.2. The second-order valence-corrected chi connectivity index (χ2v) is 12.7. The lowest BCUT2D eigenvalue weighted by Crippen LogP contribution is -2.41. The maximum Gasteiger partial charge on any atom is 0.326 e. The monoisotopic (exact) mass is 809 g/mol. The number of carbonyl (C=O) groups is 3. The fourth-order valence-corrected chi connectivity index (χ4v) is 5.82. The molecule has 0 bridgehead atoms. The van der Waals surface area contributed by atoms with Crippen LogP contribution in [0, 0.1) is 6.92 Å². The molecule has 3 heterocycles. The van der Waals surface area contributed by atoms with Crippen molar-refractivity contribution in [1.29, 1.82) is 0 Å².